The fourth-order valence-corrected chi connectivity index (χ4v) is 2.38. The minimum Gasteiger partial charge on any atom is -0.369 e. The van der Waals surface area contributed by atoms with Crippen LogP contribution >= 0.6 is 11.3 Å². The van der Waals surface area contributed by atoms with Gasteiger partial charge in [0.05, 0.1) is 13.1 Å². The average Bonchev–Trinajstić information content (AvgIpc) is 2.72. The molecule has 1 aromatic heterocycles. The molecule has 0 bridgehead atoms. The van der Waals surface area contributed by atoms with E-state index in [1.54, 1.807) is 11.3 Å². The molecule has 0 unspecified atom stereocenters. The maximum absolute atomic E-state index is 11.0. The van der Waals surface area contributed by atoms with Crippen molar-refractivity contribution < 1.29 is 4.79 Å². The Hall–Kier alpha value is -1.35. The number of amides is 1. The van der Waals surface area contributed by atoms with Gasteiger partial charge in [0, 0.05) is 23.0 Å². The van der Waals surface area contributed by atoms with Crippen LogP contribution in [0.2, 0.25) is 0 Å². The maximum atomic E-state index is 11.0. The third-order valence-electron chi connectivity index (χ3n) is 2.51. The number of thiophene rings is 1. The number of nitrogens with two attached hydrogens (primary N) is 2. The summed E-state index contributed by atoms with van der Waals surface area (Å²) in [6.45, 7) is 5.39. The highest BCUT2D eigenvalue weighted by molar-refractivity contribution is 7.10. The van der Waals surface area contributed by atoms with E-state index in [0.717, 1.165) is 10.4 Å². The van der Waals surface area contributed by atoms with Crippen LogP contribution in [-0.4, -0.2) is 29.9 Å². The minimum atomic E-state index is -0.310. The van der Waals surface area contributed by atoms with Crippen LogP contribution in [0, 0.1) is 11.8 Å². The molecular formula is C13H19N3OS. The molecule has 18 heavy (non-hydrogen) atoms. The molecule has 5 heteroatoms. The molecule has 1 aromatic rings. The Bertz CT molecular complexity index is 456. The Kier molecular flexibility index (Phi) is 5.86. The van der Waals surface area contributed by atoms with Gasteiger partial charge in [-0.25, -0.2) is 0 Å². The summed E-state index contributed by atoms with van der Waals surface area (Å²) in [5.41, 5.74) is 11.6. The first-order valence-corrected chi connectivity index (χ1v) is 6.70. The van der Waals surface area contributed by atoms with Gasteiger partial charge >= 0.3 is 0 Å². The van der Waals surface area contributed by atoms with Gasteiger partial charge in [-0.05, 0) is 25.3 Å². The minimum absolute atomic E-state index is 0.259. The summed E-state index contributed by atoms with van der Waals surface area (Å²) in [5.74, 6) is 5.58. The van der Waals surface area contributed by atoms with Gasteiger partial charge in [0.2, 0.25) is 5.91 Å². The molecular weight excluding hydrogens is 246 g/mol. The van der Waals surface area contributed by atoms with Gasteiger partial charge in [-0.3, -0.25) is 9.69 Å². The molecule has 0 radical (unpaired) electrons. The van der Waals surface area contributed by atoms with Crippen molar-refractivity contribution in [2.45, 2.75) is 26.4 Å². The van der Waals surface area contributed by atoms with E-state index >= 15 is 0 Å². The van der Waals surface area contributed by atoms with Gasteiger partial charge in [-0.15, -0.1) is 11.3 Å². The van der Waals surface area contributed by atoms with Crippen molar-refractivity contribution in [3.63, 3.8) is 0 Å². The van der Waals surface area contributed by atoms with E-state index in [4.69, 9.17) is 11.5 Å². The highest BCUT2D eigenvalue weighted by Crippen LogP contribution is 2.19. The number of hydrogen-bond donors (Lipinski definition) is 2. The normalized spacial score (nSPS) is 10.5. The second-order valence-corrected chi connectivity index (χ2v) is 5.23. The van der Waals surface area contributed by atoms with Gasteiger partial charge in [-0.1, -0.05) is 11.8 Å². The molecule has 1 amide bonds. The zero-order valence-corrected chi connectivity index (χ0v) is 11.6. The maximum Gasteiger partial charge on any atom is 0.231 e. The third kappa shape index (κ3) is 4.49. The highest BCUT2D eigenvalue weighted by atomic mass is 32.1. The number of rotatable bonds is 5. The van der Waals surface area contributed by atoms with Crippen molar-refractivity contribution in [3.8, 4) is 11.8 Å². The van der Waals surface area contributed by atoms with Crippen LogP contribution in [0.3, 0.4) is 0 Å². The topological polar surface area (TPSA) is 72.3 Å². The van der Waals surface area contributed by atoms with Crippen LogP contribution in [0.5, 0.6) is 0 Å². The molecule has 0 aliphatic carbocycles. The molecule has 1 heterocycles. The number of hydrogen-bond acceptors (Lipinski definition) is 4. The Labute approximate surface area is 112 Å². The Balaban J connectivity index is 2.80. The van der Waals surface area contributed by atoms with Gasteiger partial charge in [0.1, 0.15) is 0 Å². The first-order chi connectivity index (χ1) is 8.54. The van der Waals surface area contributed by atoms with Crippen molar-refractivity contribution in [1.29, 1.82) is 0 Å². The summed E-state index contributed by atoms with van der Waals surface area (Å²) in [5, 5.41) is 2.00. The number of carbonyl (C=O) groups is 1. The molecule has 4 N–H and O–H groups in total. The number of primary amides is 1. The molecule has 0 aliphatic heterocycles. The van der Waals surface area contributed by atoms with E-state index in [-0.39, 0.29) is 18.5 Å². The fraction of sp³-hybridized carbons (Fsp3) is 0.462. The van der Waals surface area contributed by atoms with Crippen molar-refractivity contribution in [2.24, 2.45) is 11.5 Å². The summed E-state index contributed by atoms with van der Waals surface area (Å²) in [6, 6.07) is 2.24. The van der Waals surface area contributed by atoms with E-state index < -0.39 is 0 Å². The first kappa shape index (κ1) is 14.7. The molecule has 0 saturated heterocycles. The molecule has 0 aromatic carbocycles. The van der Waals surface area contributed by atoms with E-state index in [2.05, 4.69) is 11.8 Å². The van der Waals surface area contributed by atoms with E-state index in [1.165, 1.54) is 0 Å². The van der Waals surface area contributed by atoms with Crippen molar-refractivity contribution in [2.75, 3.05) is 13.1 Å². The molecule has 0 fully saturated rings. The molecule has 98 valence electrons. The van der Waals surface area contributed by atoms with Crippen LogP contribution in [-0.2, 0) is 11.3 Å². The van der Waals surface area contributed by atoms with Crippen LogP contribution in [0.25, 0.3) is 0 Å². The SMILES string of the molecule is CC(C)N(CC(N)=O)Cc1sccc1C#CCN. The summed E-state index contributed by atoms with van der Waals surface area (Å²) in [6.07, 6.45) is 0. The van der Waals surface area contributed by atoms with E-state index in [9.17, 15) is 4.79 Å². The monoisotopic (exact) mass is 265 g/mol. The summed E-state index contributed by atoms with van der Waals surface area (Å²) in [4.78, 5) is 14.2. The smallest absolute Gasteiger partial charge is 0.231 e. The Morgan fingerprint density at radius 3 is 2.83 bits per heavy atom. The van der Waals surface area contributed by atoms with Crippen LogP contribution in [0.1, 0.15) is 24.3 Å². The molecule has 1 rings (SSSR count). The lowest BCUT2D eigenvalue weighted by Gasteiger charge is -2.24. The van der Waals surface area contributed by atoms with Crippen molar-refractivity contribution in [3.05, 3.63) is 21.9 Å². The lowest BCUT2D eigenvalue weighted by molar-refractivity contribution is -0.119. The second kappa shape index (κ2) is 7.17. The van der Waals surface area contributed by atoms with Gasteiger partial charge in [0.25, 0.3) is 0 Å². The molecule has 4 nitrogen and oxygen atoms in total. The van der Waals surface area contributed by atoms with Crippen LogP contribution < -0.4 is 11.5 Å². The molecule has 0 spiro atoms. The molecule has 0 aliphatic rings. The largest absolute Gasteiger partial charge is 0.369 e. The predicted molar refractivity (Wildman–Crippen MR) is 75.0 cm³/mol. The van der Waals surface area contributed by atoms with Crippen LogP contribution in [0.15, 0.2) is 11.4 Å². The Morgan fingerprint density at radius 2 is 2.28 bits per heavy atom. The van der Waals surface area contributed by atoms with E-state index in [1.807, 2.05) is 30.2 Å². The molecule has 0 atom stereocenters. The Morgan fingerprint density at radius 1 is 1.56 bits per heavy atom. The standard InChI is InChI=1S/C13H19N3OS/c1-10(2)16(9-13(15)17)8-12-11(4-3-6-14)5-7-18-12/h5,7,10H,6,8-9,14H2,1-2H3,(H2,15,17). The lowest BCUT2D eigenvalue weighted by Crippen LogP contribution is -2.37. The quantitative estimate of drug-likeness (QED) is 0.772. The summed E-state index contributed by atoms with van der Waals surface area (Å²) >= 11 is 1.64. The lowest BCUT2D eigenvalue weighted by atomic mass is 10.2. The van der Waals surface area contributed by atoms with Gasteiger partial charge in [-0.2, -0.15) is 0 Å². The summed E-state index contributed by atoms with van der Waals surface area (Å²) < 4.78 is 0. The predicted octanol–water partition coefficient (Wildman–Crippen LogP) is 0.754. The average molecular weight is 265 g/mol. The second-order valence-electron chi connectivity index (χ2n) is 4.23. The zero-order chi connectivity index (χ0) is 13.5. The highest BCUT2D eigenvalue weighted by Gasteiger charge is 2.14. The van der Waals surface area contributed by atoms with E-state index in [0.29, 0.717) is 13.1 Å². The third-order valence-corrected chi connectivity index (χ3v) is 3.41. The number of carbonyl (C=O) groups excluding carboxylic acids is 1. The van der Waals surface area contributed by atoms with Gasteiger partial charge in [0.15, 0.2) is 0 Å². The van der Waals surface area contributed by atoms with Crippen LogP contribution in [0.4, 0.5) is 0 Å². The zero-order valence-electron chi connectivity index (χ0n) is 10.8. The fourth-order valence-electron chi connectivity index (χ4n) is 1.53. The van der Waals surface area contributed by atoms with Crippen molar-refractivity contribution >= 4 is 17.2 Å². The molecule has 0 saturated carbocycles. The van der Waals surface area contributed by atoms with Crippen molar-refractivity contribution in [1.82, 2.24) is 4.90 Å². The first-order valence-electron chi connectivity index (χ1n) is 5.82. The van der Waals surface area contributed by atoms with Gasteiger partial charge < -0.3 is 11.5 Å². The number of nitrogens with zero attached hydrogens (tertiary/aromatic N) is 1. The summed E-state index contributed by atoms with van der Waals surface area (Å²) in [7, 11) is 0.